The predicted octanol–water partition coefficient (Wildman–Crippen LogP) is 1.29. The van der Waals surface area contributed by atoms with Crippen LogP contribution in [0.1, 0.15) is 4.88 Å². The monoisotopic (exact) mass is 201 g/mol. The van der Waals surface area contributed by atoms with E-state index < -0.39 is 9.73 Å². The molecule has 1 aliphatic rings. The van der Waals surface area contributed by atoms with Gasteiger partial charge in [-0.15, -0.1) is 11.3 Å². The van der Waals surface area contributed by atoms with Gasteiger partial charge in [0.15, 0.2) is 0 Å². The topological polar surface area (TPSA) is 46.5 Å². The molecule has 1 aromatic heterocycles. The van der Waals surface area contributed by atoms with E-state index in [0.717, 1.165) is 9.77 Å². The zero-order chi connectivity index (χ0) is 8.77. The van der Waals surface area contributed by atoms with Gasteiger partial charge in [0.1, 0.15) is 0 Å². The van der Waals surface area contributed by atoms with Gasteiger partial charge in [-0.1, -0.05) is 0 Å². The first kappa shape index (κ1) is 7.94. The number of nitrogens with zero attached hydrogens (tertiary/aromatic N) is 1. The first-order valence-corrected chi connectivity index (χ1v) is 6.21. The number of rotatable bonds is 0. The van der Waals surface area contributed by atoms with Crippen LogP contribution in [0.15, 0.2) is 20.7 Å². The smallest absolute Gasteiger partial charge is 0.259 e. The number of amides is 1. The van der Waals surface area contributed by atoms with E-state index in [2.05, 4.69) is 4.36 Å². The standard InChI is InChI=1S/C7H7NO2S2/c1-12(10)6-2-3-11-5(6)4-7(9)8-12/h2-3H,4H2,1H3. The highest BCUT2D eigenvalue weighted by Crippen LogP contribution is 2.27. The Kier molecular flexibility index (Phi) is 1.59. The van der Waals surface area contributed by atoms with Crippen LogP contribution in [0, 0.1) is 0 Å². The second kappa shape index (κ2) is 2.40. The molecule has 3 nitrogen and oxygen atoms in total. The highest BCUT2D eigenvalue weighted by Gasteiger charge is 2.21. The van der Waals surface area contributed by atoms with Crippen LogP contribution in [0.4, 0.5) is 0 Å². The zero-order valence-corrected chi connectivity index (χ0v) is 8.08. The molecule has 0 spiro atoms. The lowest BCUT2D eigenvalue weighted by Crippen LogP contribution is -2.12. The van der Waals surface area contributed by atoms with Crippen molar-refractivity contribution in [2.45, 2.75) is 11.3 Å². The third-order valence-corrected chi connectivity index (χ3v) is 4.50. The number of carbonyl (C=O) groups excluding carboxylic acids is 1. The molecule has 0 aliphatic carbocycles. The van der Waals surface area contributed by atoms with Crippen LogP contribution >= 0.6 is 11.3 Å². The van der Waals surface area contributed by atoms with E-state index in [-0.39, 0.29) is 5.91 Å². The lowest BCUT2D eigenvalue weighted by molar-refractivity contribution is -0.117. The minimum absolute atomic E-state index is 0.266. The molecule has 0 saturated carbocycles. The minimum atomic E-state index is -2.41. The number of hydrogen-bond donors (Lipinski definition) is 0. The quantitative estimate of drug-likeness (QED) is 0.635. The van der Waals surface area contributed by atoms with Gasteiger partial charge < -0.3 is 0 Å². The van der Waals surface area contributed by atoms with Gasteiger partial charge in [-0.3, -0.25) is 4.79 Å². The van der Waals surface area contributed by atoms with Gasteiger partial charge in [0.05, 0.1) is 21.0 Å². The summed E-state index contributed by atoms with van der Waals surface area (Å²) >= 11 is 1.47. The molecular weight excluding hydrogens is 194 g/mol. The van der Waals surface area contributed by atoms with Crippen molar-refractivity contribution in [1.29, 1.82) is 0 Å². The molecule has 1 atom stereocenters. The van der Waals surface area contributed by atoms with E-state index in [1.54, 1.807) is 6.07 Å². The summed E-state index contributed by atoms with van der Waals surface area (Å²) in [5, 5.41) is 1.85. The Bertz CT molecular complexity index is 452. The fourth-order valence-corrected chi connectivity index (χ4v) is 4.03. The third kappa shape index (κ3) is 1.09. The summed E-state index contributed by atoms with van der Waals surface area (Å²) in [4.78, 5) is 12.6. The van der Waals surface area contributed by atoms with Crippen LogP contribution in [-0.2, 0) is 20.9 Å². The Labute approximate surface area is 74.6 Å². The highest BCUT2D eigenvalue weighted by molar-refractivity contribution is 7.93. The zero-order valence-electron chi connectivity index (χ0n) is 6.44. The van der Waals surface area contributed by atoms with E-state index >= 15 is 0 Å². The fraction of sp³-hybridized carbons (Fsp3) is 0.286. The molecule has 2 heterocycles. The van der Waals surface area contributed by atoms with Crippen molar-refractivity contribution in [3.05, 3.63) is 16.3 Å². The normalized spacial score (nSPS) is 27.9. The van der Waals surface area contributed by atoms with Gasteiger partial charge in [-0.25, -0.2) is 4.21 Å². The van der Waals surface area contributed by atoms with Crippen LogP contribution in [0.5, 0.6) is 0 Å². The predicted molar refractivity (Wildman–Crippen MR) is 47.8 cm³/mol. The summed E-state index contributed by atoms with van der Waals surface area (Å²) in [5.41, 5.74) is 0. The lowest BCUT2D eigenvalue weighted by Gasteiger charge is -2.08. The minimum Gasteiger partial charge on any atom is -0.272 e. The second-order valence-electron chi connectivity index (χ2n) is 2.67. The molecule has 1 aliphatic heterocycles. The molecule has 1 unspecified atom stereocenters. The molecular formula is C7H7NO2S2. The summed E-state index contributed by atoms with van der Waals surface area (Å²) in [7, 11) is -2.41. The first-order chi connectivity index (χ1) is 5.59. The van der Waals surface area contributed by atoms with Gasteiger partial charge in [0.2, 0.25) is 0 Å². The maximum atomic E-state index is 11.7. The summed E-state index contributed by atoms with van der Waals surface area (Å²) in [6, 6.07) is 1.79. The third-order valence-electron chi connectivity index (χ3n) is 1.70. The summed E-state index contributed by atoms with van der Waals surface area (Å²) < 4.78 is 15.3. The van der Waals surface area contributed by atoms with Crippen molar-refractivity contribution >= 4 is 27.0 Å². The van der Waals surface area contributed by atoms with Gasteiger partial charge in [-0.2, -0.15) is 4.36 Å². The highest BCUT2D eigenvalue weighted by atomic mass is 32.2. The van der Waals surface area contributed by atoms with Crippen LogP contribution in [0.3, 0.4) is 0 Å². The SMILES string of the molecule is CS1(=O)=NC(=O)Cc2sccc21. The van der Waals surface area contributed by atoms with Crippen LogP contribution in [-0.4, -0.2) is 16.4 Å². The second-order valence-corrected chi connectivity index (χ2v) is 5.90. The fourth-order valence-electron chi connectivity index (χ4n) is 1.21. The average molecular weight is 201 g/mol. The van der Waals surface area contributed by atoms with E-state index in [9.17, 15) is 9.00 Å². The number of fused-ring (bicyclic) bond motifs is 1. The molecule has 1 aromatic rings. The van der Waals surface area contributed by atoms with E-state index in [4.69, 9.17) is 0 Å². The Hall–Kier alpha value is -0.680. The van der Waals surface area contributed by atoms with Gasteiger partial charge in [-0.05, 0) is 11.4 Å². The van der Waals surface area contributed by atoms with Crippen molar-refractivity contribution in [2.75, 3.05) is 6.26 Å². The molecule has 0 aromatic carbocycles. The van der Waals surface area contributed by atoms with E-state index in [1.165, 1.54) is 17.6 Å². The Morgan fingerprint density at radius 2 is 2.42 bits per heavy atom. The Balaban J connectivity index is 2.77. The van der Waals surface area contributed by atoms with Crippen molar-refractivity contribution in [1.82, 2.24) is 0 Å². The Morgan fingerprint density at radius 3 is 3.17 bits per heavy atom. The number of carbonyl (C=O) groups is 1. The summed E-state index contributed by atoms with van der Waals surface area (Å²) in [6.07, 6.45) is 1.83. The average Bonchev–Trinajstić information content (AvgIpc) is 2.32. The molecule has 12 heavy (non-hydrogen) atoms. The molecule has 2 rings (SSSR count). The molecule has 0 radical (unpaired) electrons. The molecule has 0 bridgehead atoms. The maximum absolute atomic E-state index is 11.7. The number of thiophene rings is 1. The van der Waals surface area contributed by atoms with Gasteiger partial charge in [0, 0.05) is 11.1 Å². The largest absolute Gasteiger partial charge is 0.272 e. The van der Waals surface area contributed by atoms with Gasteiger partial charge >= 0.3 is 0 Å². The van der Waals surface area contributed by atoms with Crippen LogP contribution < -0.4 is 0 Å². The Morgan fingerprint density at radius 1 is 1.67 bits per heavy atom. The molecule has 0 N–H and O–H groups in total. The molecule has 64 valence electrons. The summed E-state index contributed by atoms with van der Waals surface area (Å²) in [5.74, 6) is -0.266. The van der Waals surface area contributed by atoms with Crippen LogP contribution in [0.2, 0.25) is 0 Å². The molecule has 5 heteroatoms. The molecule has 0 fully saturated rings. The maximum Gasteiger partial charge on any atom is 0.259 e. The van der Waals surface area contributed by atoms with Crippen molar-refractivity contribution in [3.63, 3.8) is 0 Å². The van der Waals surface area contributed by atoms with Crippen molar-refractivity contribution in [3.8, 4) is 0 Å². The molecule has 0 saturated heterocycles. The van der Waals surface area contributed by atoms with E-state index in [1.807, 2.05) is 5.38 Å². The van der Waals surface area contributed by atoms with E-state index in [0.29, 0.717) is 6.42 Å². The van der Waals surface area contributed by atoms with Crippen molar-refractivity contribution in [2.24, 2.45) is 4.36 Å². The number of hydrogen-bond acceptors (Lipinski definition) is 3. The lowest BCUT2D eigenvalue weighted by atomic mass is 10.3. The first-order valence-electron chi connectivity index (χ1n) is 3.41. The van der Waals surface area contributed by atoms with Crippen molar-refractivity contribution < 1.29 is 9.00 Å². The van der Waals surface area contributed by atoms with Crippen LogP contribution in [0.25, 0.3) is 0 Å². The van der Waals surface area contributed by atoms with Gasteiger partial charge in [0.25, 0.3) is 5.91 Å². The molecule has 1 amide bonds. The summed E-state index contributed by atoms with van der Waals surface area (Å²) in [6.45, 7) is 0.